The van der Waals surface area contributed by atoms with E-state index in [2.05, 4.69) is 156 Å². The Hall–Kier alpha value is -6.36. The third kappa shape index (κ3) is 4.65. The Morgan fingerprint density at radius 1 is 0.420 bits per heavy atom. The van der Waals surface area contributed by atoms with Crippen LogP contribution in [0.2, 0.25) is 0 Å². The number of benzene rings is 7. The van der Waals surface area contributed by atoms with Gasteiger partial charge in [0.2, 0.25) is 0 Å². The van der Waals surface area contributed by atoms with Crippen molar-refractivity contribution in [1.82, 2.24) is 14.5 Å². The molecule has 0 aliphatic rings. The molecule has 3 nitrogen and oxygen atoms in total. The smallest absolute Gasteiger partial charge is 0.160 e. The van der Waals surface area contributed by atoms with E-state index in [4.69, 9.17) is 9.97 Å². The fourth-order valence-corrected chi connectivity index (χ4v) is 8.45. The molecule has 0 fully saturated rings. The van der Waals surface area contributed by atoms with Crippen molar-refractivity contribution in [3.8, 4) is 50.7 Å². The minimum atomic E-state index is 0.716. The lowest BCUT2D eigenvalue weighted by atomic mass is 9.99. The molecular formula is C46H29N3S. The first-order valence-corrected chi connectivity index (χ1v) is 17.7. The van der Waals surface area contributed by atoms with E-state index in [1.807, 2.05) is 35.6 Å². The van der Waals surface area contributed by atoms with Gasteiger partial charge in [-0.2, -0.15) is 0 Å². The SMILES string of the molecule is c1ccc(-c2cc(-c3ccc(-n4c5cccc(-c6ccccc6)c5c5ccc6sc7ccccc7c6c54)cc3)nc(-c3ccccc3)n2)cc1. The van der Waals surface area contributed by atoms with Crippen LogP contribution >= 0.6 is 11.3 Å². The van der Waals surface area contributed by atoms with Crippen LogP contribution in [0.1, 0.15) is 0 Å². The third-order valence-electron chi connectivity index (χ3n) is 9.63. The van der Waals surface area contributed by atoms with Crippen LogP contribution in [0.4, 0.5) is 0 Å². The van der Waals surface area contributed by atoms with E-state index in [0.717, 1.165) is 33.8 Å². The van der Waals surface area contributed by atoms with Crippen molar-refractivity contribution in [2.45, 2.75) is 0 Å². The van der Waals surface area contributed by atoms with Crippen molar-refractivity contribution >= 4 is 53.3 Å². The van der Waals surface area contributed by atoms with Crippen molar-refractivity contribution in [1.29, 1.82) is 0 Å². The summed E-state index contributed by atoms with van der Waals surface area (Å²) in [6.45, 7) is 0. The standard InChI is InChI=1S/C46H29N3S/c1-4-13-30(14-5-1)35-20-12-21-40-43(35)37-27-28-42-44(36-19-10-11-22-41(36)50-42)45(37)49(40)34-25-23-32(24-26-34)39-29-38(31-15-6-2-7-16-31)47-46(48-39)33-17-8-3-9-18-33/h1-29H. The predicted molar refractivity (Wildman–Crippen MR) is 211 cm³/mol. The Labute approximate surface area is 293 Å². The van der Waals surface area contributed by atoms with Gasteiger partial charge in [-0.25, -0.2) is 9.97 Å². The van der Waals surface area contributed by atoms with Gasteiger partial charge in [-0.05, 0) is 47.5 Å². The highest BCUT2D eigenvalue weighted by molar-refractivity contribution is 7.26. The number of nitrogens with zero attached hydrogens (tertiary/aromatic N) is 3. The molecule has 0 bridgehead atoms. The van der Waals surface area contributed by atoms with E-state index in [-0.39, 0.29) is 0 Å². The Bertz CT molecular complexity index is 2780. The van der Waals surface area contributed by atoms with Crippen molar-refractivity contribution < 1.29 is 0 Å². The maximum atomic E-state index is 5.09. The maximum Gasteiger partial charge on any atom is 0.160 e. The lowest BCUT2D eigenvalue weighted by Crippen LogP contribution is -1.97. The van der Waals surface area contributed by atoms with Crippen LogP contribution in [0.15, 0.2) is 176 Å². The minimum absolute atomic E-state index is 0.716. The summed E-state index contributed by atoms with van der Waals surface area (Å²) in [4.78, 5) is 10.1. The topological polar surface area (TPSA) is 30.7 Å². The van der Waals surface area contributed by atoms with E-state index < -0.39 is 0 Å². The summed E-state index contributed by atoms with van der Waals surface area (Å²) in [6, 6.07) is 62.4. The predicted octanol–water partition coefficient (Wildman–Crippen LogP) is 12.6. The first-order chi connectivity index (χ1) is 24.8. The van der Waals surface area contributed by atoms with E-state index >= 15 is 0 Å². The first-order valence-electron chi connectivity index (χ1n) is 16.8. The molecule has 7 aromatic carbocycles. The van der Waals surface area contributed by atoms with Gasteiger partial charge < -0.3 is 4.57 Å². The number of hydrogen-bond acceptors (Lipinski definition) is 3. The minimum Gasteiger partial charge on any atom is -0.309 e. The van der Waals surface area contributed by atoms with Gasteiger partial charge in [0.05, 0.1) is 22.4 Å². The van der Waals surface area contributed by atoms with E-state index in [0.29, 0.717) is 5.82 Å². The molecule has 234 valence electrons. The van der Waals surface area contributed by atoms with E-state index in [1.54, 1.807) is 0 Å². The number of hydrogen-bond donors (Lipinski definition) is 0. The van der Waals surface area contributed by atoms with Gasteiger partial charge in [-0.15, -0.1) is 11.3 Å². The second kappa shape index (κ2) is 11.7. The molecule has 4 heteroatoms. The molecule has 3 aromatic heterocycles. The number of thiophene rings is 1. The van der Waals surface area contributed by atoms with Gasteiger partial charge in [-0.1, -0.05) is 140 Å². The van der Waals surface area contributed by atoms with E-state index in [1.165, 1.54) is 53.1 Å². The molecule has 0 radical (unpaired) electrons. The van der Waals surface area contributed by atoms with Crippen LogP contribution in [-0.2, 0) is 0 Å². The molecule has 50 heavy (non-hydrogen) atoms. The molecule has 0 unspecified atom stereocenters. The number of fused-ring (bicyclic) bond motifs is 7. The van der Waals surface area contributed by atoms with E-state index in [9.17, 15) is 0 Å². The lowest BCUT2D eigenvalue weighted by molar-refractivity contribution is 1.17. The summed E-state index contributed by atoms with van der Waals surface area (Å²) in [5, 5.41) is 5.13. The van der Waals surface area contributed by atoms with Crippen LogP contribution in [-0.4, -0.2) is 14.5 Å². The lowest BCUT2D eigenvalue weighted by Gasteiger charge is -2.12. The zero-order valence-electron chi connectivity index (χ0n) is 27.0. The molecule has 0 aliphatic heterocycles. The van der Waals surface area contributed by atoms with Crippen LogP contribution < -0.4 is 0 Å². The number of aromatic nitrogens is 3. The summed E-state index contributed by atoms with van der Waals surface area (Å²) in [5.74, 6) is 0.716. The Balaban J connectivity index is 1.21. The molecule has 0 spiro atoms. The molecule has 0 amide bonds. The molecule has 3 heterocycles. The van der Waals surface area contributed by atoms with Crippen LogP contribution in [0.25, 0.3) is 92.7 Å². The molecule has 0 N–H and O–H groups in total. The second-order valence-electron chi connectivity index (χ2n) is 12.6. The Morgan fingerprint density at radius 2 is 1.04 bits per heavy atom. The fourth-order valence-electron chi connectivity index (χ4n) is 7.34. The average Bonchev–Trinajstić information content (AvgIpc) is 3.75. The fraction of sp³-hybridized carbons (Fsp3) is 0. The van der Waals surface area contributed by atoms with Gasteiger partial charge in [0.15, 0.2) is 5.82 Å². The van der Waals surface area contributed by atoms with Gasteiger partial charge in [0.25, 0.3) is 0 Å². The Morgan fingerprint density at radius 3 is 1.76 bits per heavy atom. The normalized spacial score (nSPS) is 11.6. The average molecular weight is 656 g/mol. The van der Waals surface area contributed by atoms with Crippen molar-refractivity contribution in [2.24, 2.45) is 0 Å². The zero-order chi connectivity index (χ0) is 33.0. The monoisotopic (exact) mass is 655 g/mol. The van der Waals surface area contributed by atoms with Gasteiger partial charge in [0.1, 0.15) is 0 Å². The summed E-state index contributed by atoms with van der Waals surface area (Å²) in [5.41, 5.74) is 10.9. The summed E-state index contributed by atoms with van der Waals surface area (Å²) in [7, 11) is 0. The van der Waals surface area contributed by atoms with Gasteiger partial charge in [0, 0.05) is 53.3 Å². The van der Waals surface area contributed by atoms with Gasteiger partial charge in [-0.3, -0.25) is 0 Å². The van der Waals surface area contributed by atoms with Crippen molar-refractivity contribution in [2.75, 3.05) is 0 Å². The molecule has 0 atom stereocenters. The maximum absolute atomic E-state index is 5.09. The van der Waals surface area contributed by atoms with Crippen LogP contribution in [0.5, 0.6) is 0 Å². The van der Waals surface area contributed by atoms with Crippen molar-refractivity contribution in [3.05, 3.63) is 176 Å². The van der Waals surface area contributed by atoms with Crippen LogP contribution in [0, 0.1) is 0 Å². The molecule has 10 rings (SSSR count). The quantitative estimate of drug-likeness (QED) is 0.185. The molecule has 0 saturated heterocycles. The molecule has 0 aliphatic carbocycles. The molecule has 10 aromatic rings. The highest BCUT2D eigenvalue weighted by Gasteiger charge is 2.21. The third-order valence-corrected chi connectivity index (χ3v) is 10.8. The van der Waals surface area contributed by atoms with Crippen LogP contribution in [0.3, 0.4) is 0 Å². The highest BCUT2D eigenvalue weighted by Crippen LogP contribution is 2.45. The van der Waals surface area contributed by atoms with Crippen molar-refractivity contribution in [3.63, 3.8) is 0 Å². The zero-order valence-corrected chi connectivity index (χ0v) is 27.8. The van der Waals surface area contributed by atoms with Gasteiger partial charge >= 0.3 is 0 Å². The second-order valence-corrected chi connectivity index (χ2v) is 13.7. The number of rotatable bonds is 5. The summed E-state index contributed by atoms with van der Waals surface area (Å²) >= 11 is 1.86. The largest absolute Gasteiger partial charge is 0.309 e. The highest BCUT2D eigenvalue weighted by atomic mass is 32.1. The Kier molecular flexibility index (Phi) is 6.68. The molecule has 0 saturated carbocycles. The summed E-state index contributed by atoms with van der Waals surface area (Å²) in [6.07, 6.45) is 0. The summed E-state index contributed by atoms with van der Waals surface area (Å²) < 4.78 is 5.06. The molecular weight excluding hydrogens is 627 g/mol. The first kappa shape index (κ1) is 28.6.